The molecule has 1 saturated heterocycles. The summed E-state index contributed by atoms with van der Waals surface area (Å²) in [4.78, 5) is 2.20. The first-order valence-corrected chi connectivity index (χ1v) is 12.4. The fourth-order valence-corrected chi connectivity index (χ4v) is 5.49. The Hall–Kier alpha value is -2.29. The summed E-state index contributed by atoms with van der Waals surface area (Å²) in [5.41, 5.74) is 2.09. The van der Waals surface area contributed by atoms with Crippen LogP contribution in [-0.2, 0) is 16.6 Å². The average molecular weight is 446 g/mol. The van der Waals surface area contributed by atoms with Crippen LogP contribution in [0.3, 0.4) is 0 Å². The van der Waals surface area contributed by atoms with Crippen molar-refractivity contribution in [3.63, 3.8) is 0 Å². The molecule has 7 nitrogen and oxygen atoms in total. The Morgan fingerprint density at radius 1 is 1.03 bits per heavy atom. The lowest BCUT2D eigenvalue weighted by atomic mass is 10.0. The van der Waals surface area contributed by atoms with Crippen molar-refractivity contribution < 1.29 is 17.9 Å². The lowest BCUT2D eigenvalue weighted by Gasteiger charge is -2.41. The Morgan fingerprint density at radius 2 is 1.77 bits per heavy atom. The van der Waals surface area contributed by atoms with Crippen molar-refractivity contribution in [1.29, 1.82) is 0 Å². The SMILES string of the molecule is COc1ccc(N2CCN(S(N)(=O)=O)[C@@H](Cc3ccccc3)C2)cc1OC1CCCC1. The number of rotatable bonds is 7. The minimum Gasteiger partial charge on any atom is -0.493 e. The topological polar surface area (TPSA) is 85.1 Å². The third-order valence-electron chi connectivity index (χ3n) is 6.18. The summed E-state index contributed by atoms with van der Waals surface area (Å²) in [6.07, 6.45) is 5.37. The standard InChI is InChI=1S/C23H31N3O4S/c1-29-22-12-11-19(16-23(22)30-21-9-5-6-10-21)25-13-14-26(31(24,27)28)20(17-25)15-18-7-3-2-4-8-18/h2-4,7-8,11-12,16,20-21H,5-6,9-10,13-15,17H2,1H3,(H2,24,27,28)/t20-/m0/s1. The number of benzene rings is 2. The quantitative estimate of drug-likeness (QED) is 0.708. The van der Waals surface area contributed by atoms with Crippen LogP contribution in [0.15, 0.2) is 48.5 Å². The molecule has 0 radical (unpaired) electrons. The predicted octanol–water partition coefficient (Wildman–Crippen LogP) is 2.95. The molecule has 0 aromatic heterocycles. The third-order valence-corrected chi connectivity index (χ3v) is 7.31. The molecule has 31 heavy (non-hydrogen) atoms. The summed E-state index contributed by atoms with van der Waals surface area (Å²) in [7, 11) is -2.12. The van der Waals surface area contributed by atoms with Gasteiger partial charge in [-0.3, -0.25) is 0 Å². The van der Waals surface area contributed by atoms with Crippen LogP contribution in [-0.4, -0.2) is 51.6 Å². The Bertz CT molecular complexity index is 978. The molecule has 2 fully saturated rings. The van der Waals surface area contributed by atoms with Crippen LogP contribution in [0.2, 0.25) is 0 Å². The van der Waals surface area contributed by atoms with E-state index in [9.17, 15) is 8.42 Å². The van der Waals surface area contributed by atoms with E-state index in [1.165, 1.54) is 17.1 Å². The van der Waals surface area contributed by atoms with E-state index in [1.807, 2.05) is 48.5 Å². The zero-order chi connectivity index (χ0) is 21.8. The van der Waals surface area contributed by atoms with E-state index in [-0.39, 0.29) is 12.1 Å². The number of ether oxygens (including phenoxy) is 2. The largest absolute Gasteiger partial charge is 0.493 e. The summed E-state index contributed by atoms with van der Waals surface area (Å²) < 4.78 is 37.6. The molecule has 2 aromatic carbocycles. The van der Waals surface area contributed by atoms with Gasteiger partial charge in [-0.15, -0.1) is 0 Å². The molecule has 2 aromatic rings. The fraction of sp³-hybridized carbons (Fsp3) is 0.478. The maximum atomic E-state index is 12.2. The second-order valence-electron chi connectivity index (χ2n) is 8.30. The highest BCUT2D eigenvalue weighted by atomic mass is 32.2. The summed E-state index contributed by atoms with van der Waals surface area (Å²) in [6, 6.07) is 15.6. The zero-order valence-corrected chi connectivity index (χ0v) is 18.8. The number of anilines is 1. The Kier molecular flexibility index (Phi) is 6.69. The molecular formula is C23H31N3O4S. The van der Waals surface area contributed by atoms with Gasteiger partial charge in [0.15, 0.2) is 11.5 Å². The highest BCUT2D eigenvalue weighted by molar-refractivity contribution is 7.86. The Labute approximate surface area is 184 Å². The number of nitrogens with zero attached hydrogens (tertiary/aromatic N) is 2. The monoisotopic (exact) mass is 445 g/mol. The van der Waals surface area contributed by atoms with Crippen LogP contribution in [0.4, 0.5) is 5.69 Å². The first-order valence-electron chi connectivity index (χ1n) is 10.9. The molecule has 2 N–H and O–H groups in total. The predicted molar refractivity (Wildman–Crippen MR) is 122 cm³/mol. The van der Waals surface area contributed by atoms with Crippen molar-refractivity contribution in [2.24, 2.45) is 5.14 Å². The van der Waals surface area contributed by atoms with Crippen LogP contribution in [0.5, 0.6) is 11.5 Å². The van der Waals surface area contributed by atoms with E-state index < -0.39 is 10.2 Å². The number of nitrogens with two attached hydrogens (primary N) is 1. The summed E-state index contributed by atoms with van der Waals surface area (Å²) in [5.74, 6) is 1.47. The maximum absolute atomic E-state index is 12.2. The normalized spacial score (nSPS) is 20.7. The molecule has 1 aliphatic heterocycles. The van der Waals surface area contributed by atoms with Crippen LogP contribution in [0.25, 0.3) is 0 Å². The molecule has 168 valence electrons. The molecule has 4 rings (SSSR count). The molecule has 2 aliphatic rings. The molecule has 0 amide bonds. The van der Waals surface area contributed by atoms with Crippen molar-refractivity contribution >= 4 is 15.9 Å². The van der Waals surface area contributed by atoms with Gasteiger partial charge in [0.05, 0.1) is 13.2 Å². The molecule has 1 saturated carbocycles. The van der Waals surface area contributed by atoms with Crippen molar-refractivity contribution in [1.82, 2.24) is 4.31 Å². The molecule has 1 atom stereocenters. The first kappa shape index (κ1) is 21.9. The second kappa shape index (κ2) is 9.46. The first-order chi connectivity index (χ1) is 14.9. The minimum absolute atomic E-state index is 0.231. The van der Waals surface area contributed by atoms with Crippen LogP contribution < -0.4 is 19.5 Å². The van der Waals surface area contributed by atoms with E-state index in [1.54, 1.807) is 7.11 Å². The number of hydrogen-bond donors (Lipinski definition) is 1. The lowest BCUT2D eigenvalue weighted by Crippen LogP contribution is -2.57. The summed E-state index contributed by atoms with van der Waals surface area (Å²) in [5, 5.41) is 5.53. The molecule has 0 unspecified atom stereocenters. The van der Waals surface area contributed by atoms with Gasteiger partial charge in [0.2, 0.25) is 0 Å². The van der Waals surface area contributed by atoms with Gasteiger partial charge < -0.3 is 14.4 Å². The average Bonchev–Trinajstić information content (AvgIpc) is 3.27. The van der Waals surface area contributed by atoms with Crippen molar-refractivity contribution in [2.45, 2.75) is 44.2 Å². The number of methoxy groups -OCH3 is 1. The molecule has 0 bridgehead atoms. The van der Waals surface area contributed by atoms with E-state index in [2.05, 4.69) is 4.90 Å². The van der Waals surface area contributed by atoms with Gasteiger partial charge in [-0.25, -0.2) is 5.14 Å². The number of hydrogen-bond acceptors (Lipinski definition) is 5. The van der Waals surface area contributed by atoms with Gasteiger partial charge in [0, 0.05) is 37.4 Å². The highest BCUT2D eigenvalue weighted by Gasteiger charge is 2.34. The van der Waals surface area contributed by atoms with E-state index in [0.29, 0.717) is 26.1 Å². The van der Waals surface area contributed by atoms with Crippen LogP contribution >= 0.6 is 0 Å². The summed E-state index contributed by atoms with van der Waals surface area (Å²) >= 11 is 0. The highest BCUT2D eigenvalue weighted by Crippen LogP contribution is 2.36. The van der Waals surface area contributed by atoms with Crippen molar-refractivity contribution in [3.8, 4) is 11.5 Å². The molecule has 8 heteroatoms. The Morgan fingerprint density at radius 3 is 2.45 bits per heavy atom. The van der Waals surface area contributed by atoms with Crippen molar-refractivity contribution in [3.05, 3.63) is 54.1 Å². The summed E-state index contributed by atoms with van der Waals surface area (Å²) in [6.45, 7) is 1.47. The van der Waals surface area contributed by atoms with Gasteiger partial charge in [-0.1, -0.05) is 30.3 Å². The fourth-order valence-electron chi connectivity index (χ4n) is 4.60. The smallest absolute Gasteiger partial charge is 0.277 e. The van der Waals surface area contributed by atoms with Gasteiger partial charge >= 0.3 is 0 Å². The van der Waals surface area contributed by atoms with Gasteiger partial charge in [0.1, 0.15) is 0 Å². The molecule has 0 spiro atoms. The van der Waals surface area contributed by atoms with Gasteiger partial charge in [-0.05, 0) is 49.8 Å². The molecule has 1 heterocycles. The Balaban J connectivity index is 1.56. The van der Waals surface area contributed by atoms with Crippen LogP contribution in [0, 0.1) is 0 Å². The van der Waals surface area contributed by atoms with E-state index >= 15 is 0 Å². The van der Waals surface area contributed by atoms with Gasteiger partial charge in [0.25, 0.3) is 10.2 Å². The van der Waals surface area contributed by atoms with E-state index in [4.69, 9.17) is 14.6 Å². The van der Waals surface area contributed by atoms with Crippen LogP contribution in [0.1, 0.15) is 31.2 Å². The third kappa shape index (κ3) is 5.31. The molecule has 1 aliphatic carbocycles. The van der Waals surface area contributed by atoms with Crippen molar-refractivity contribution in [2.75, 3.05) is 31.6 Å². The second-order valence-corrected chi connectivity index (χ2v) is 9.80. The lowest BCUT2D eigenvalue weighted by molar-refractivity contribution is 0.200. The zero-order valence-electron chi connectivity index (χ0n) is 17.9. The number of piperazine rings is 1. The molecular weight excluding hydrogens is 414 g/mol. The maximum Gasteiger partial charge on any atom is 0.277 e. The van der Waals surface area contributed by atoms with E-state index in [0.717, 1.165) is 35.6 Å². The van der Waals surface area contributed by atoms with Gasteiger partial charge in [-0.2, -0.15) is 12.7 Å². The minimum atomic E-state index is -3.77.